The van der Waals surface area contributed by atoms with E-state index in [9.17, 15) is 9.90 Å². The third-order valence-corrected chi connectivity index (χ3v) is 4.23. The van der Waals surface area contributed by atoms with Crippen LogP contribution in [0.4, 0.5) is 4.79 Å². The molecule has 104 valence electrons. The molecule has 1 aliphatic heterocycles. The van der Waals surface area contributed by atoms with E-state index in [2.05, 4.69) is 0 Å². The van der Waals surface area contributed by atoms with Gasteiger partial charge >= 0.3 is 6.03 Å². The van der Waals surface area contributed by atoms with Crippen LogP contribution in [0.3, 0.4) is 0 Å². The highest BCUT2D eigenvalue weighted by Gasteiger charge is 2.28. The van der Waals surface area contributed by atoms with Crippen molar-refractivity contribution >= 4 is 6.03 Å². The van der Waals surface area contributed by atoms with Crippen molar-refractivity contribution in [1.29, 1.82) is 0 Å². The van der Waals surface area contributed by atoms with Gasteiger partial charge in [0.1, 0.15) is 0 Å². The number of urea groups is 1. The molecule has 0 bridgehead atoms. The van der Waals surface area contributed by atoms with Crippen molar-refractivity contribution in [2.75, 3.05) is 26.2 Å². The summed E-state index contributed by atoms with van der Waals surface area (Å²) in [6, 6.07) is 0.524. The molecule has 2 rings (SSSR count). The van der Waals surface area contributed by atoms with E-state index in [1.165, 1.54) is 25.7 Å². The lowest BCUT2D eigenvalue weighted by molar-refractivity contribution is 0.0996. The van der Waals surface area contributed by atoms with Crippen LogP contribution in [0.1, 0.15) is 51.4 Å². The lowest BCUT2D eigenvalue weighted by Gasteiger charge is -2.38. The zero-order valence-corrected chi connectivity index (χ0v) is 11.3. The van der Waals surface area contributed by atoms with Crippen LogP contribution in [0.5, 0.6) is 0 Å². The molecule has 0 radical (unpaired) electrons. The van der Waals surface area contributed by atoms with E-state index < -0.39 is 0 Å². The molecule has 1 heterocycles. The third kappa shape index (κ3) is 3.37. The normalized spacial score (nSPS) is 21.9. The van der Waals surface area contributed by atoms with Crippen molar-refractivity contribution in [3.8, 4) is 0 Å². The molecular weight excluding hydrogens is 228 g/mol. The van der Waals surface area contributed by atoms with E-state index in [4.69, 9.17) is 0 Å². The first kappa shape index (κ1) is 13.7. The molecule has 1 aliphatic carbocycles. The van der Waals surface area contributed by atoms with Crippen LogP contribution >= 0.6 is 0 Å². The molecule has 0 unspecified atom stereocenters. The smallest absolute Gasteiger partial charge is 0.320 e. The minimum atomic E-state index is 0.0794. The first-order valence-corrected chi connectivity index (χ1v) is 7.49. The molecule has 1 saturated heterocycles. The minimum absolute atomic E-state index is 0.0794. The molecule has 4 heteroatoms. The summed E-state index contributed by atoms with van der Waals surface area (Å²) in [6.45, 7) is 2.37. The Morgan fingerprint density at radius 3 is 2.28 bits per heavy atom. The molecule has 1 N–H and O–H groups in total. The topological polar surface area (TPSA) is 43.8 Å². The van der Waals surface area contributed by atoms with E-state index >= 15 is 0 Å². The number of aliphatic hydroxyl groups excluding tert-OH is 1. The average molecular weight is 254 g/mol. The predicted octanol–water partition coefficient (Wildman–Crippen LogP) is 2.22. The molecule has 2 aliphatic rings. The van der Waals surface area contributed by atoms with Crippen LogP contribution in [0, 0.1) is 0 Å². The second-order valence-electron chi connectivity index (χ2n) is 5.54. The van der Waals surface area contributed by atoms with Gasteiger partial charge in [-0.25, -0.2) is 4.79 Å². The van der Waals surface area contributed by atoms with E-state index in [0.717, 1.165) is 38.8 Å². The largest absolute Gasteiger partial charge is 0.395 e. The molecule has 1 saturated carbocycles. The molecule has 0 atom stereocenters. The van der Waals surface area contributed by atoms with Gasteiger partial charge in [-0.1, -0.05) is 19.3 Å². The van der Waals surface area contributed by atoms with E-state index in [-0.39, 0.29) is 12.6 Å². The lowest BCUT2D eigenvalue weighted by atomic mass is 9.94. The quantitative estimate of drug-likeness (QED) is 0.839. The van der Waals surface area contributed by atoms with Crippen LogP contribution in [0.15, 0.2) is 0 Å². The van der Waals surface area contributed by atoms with Gasteiger partial charge in [0, 0.05) is 25.7 Å². The van der Waals surface area contributed by atoms with Gasteiger partial charge in [0.15, 0.2) is 0 Å². The predicted molar refractivity (Wildman–Crippen MR) is 71.5 cm³/mol. The second-order valence-corrected chi connectivity index (χ2v) is 5.54. The van der Waals surface area contributed by atoms with Crippen molar-refractivity contribution in [2.45, 2.75) is 57.4 Å². The van der Waals surface area contributed by atoms with Gasteiger partial charge in [0.05, 0.1) is 6.61 Å². The third-order valence-electron chi connectivity index (χ3n) is 4.23. The fraction of sp³-hybridized carbons (Fsp3) is 0.929. The van der Waals surface area contributed by atoms with Gasteiger partial charge in [0.25, 0.3) is 0 Å². The molecule has 4 nitrogen and oxygen atoms in total. The molecular formula is C14H26N2O2. The van der Waals surface area contributed by atoms with Gasteiger partial charge in [-0.2, -0.15) is 0 Å². The zero-order valence-electron chi connectivity index (χ0n) is 11.3. The maximum Gasteiger partial charge on any atom is 0.320 e. The first-order valence-electron chi connectivity index (χ1n) is 7.49. The summed E-state index contributed by atoms with van der Waals surface area (Å²) >= 11 is 0. The van der Waals surface area contributed by atoms with E-state index in [0.29, 0.717) is 12.6 Å². The van der Waals surface area contributed by atoms with Crippen LogP contribution in [-0.2, 0) is 0 Å². The maximum atomic E-state index is 12.5. The van der Waals surface area contributed by atoms with Gasteiger partial charge < -0.3 is 14.9 Å². The van der Waals surface area contributed by atoms with E-state index in [1.54, 1.807) is 0 Å². The lowest BCUT2D eigenvalue weighted by Crippen LogP contribution is -2.51. The van der Waals surface area contributed by atoms with Crippen LogP contribution < -0.4 is 0 Å². The molecule has 2 amide bonds. The Morgan fingerprint density at radius 1 is 1.06 bits per heavy atom. The summed E-state index contributed by atoms with van der Waals surface area (Å²) in [7, 11) is 0. The number of nitrogens with zero attached hydrogens (tertiary/aromatic N) is 2. The Labute approximate surface area is 110 Å². The Morgan fingerprint density at radius 2 is 1.67 bits per heavy atom. The van der Waals surface area contributed by atoms with Crippen molar-refractivity contribution < 1.29 is 9.90 Å². The Balaban J connectivity index is 1.96. The number of likely N-dealkylation sites (tertiary alicyclic amines) is 1. The number of hydrogen-bond acceptors (Lipinski definition) is 2. The summed E-state index contributed by atoms with van der Waals surface area (Å²) < 4.78 is 0. The van der Waals surface area contributed by atoms with Crippen LogP contribution in [0.25, 0.3) is 0 Å². The number of carbonyl (C=O) groups is 1. The first-order chi connectivity index (χ1) is 8.83. The molecule has 2 fully saturated rings. The number of rotatable bonds is 3. The summed E-state index contributed by atoms with van der Waals surface area (Å²) in [5.74, 6) is 0. The average Bonchev–Trinajstić information content (AvgIpc) is 2.46. The van der Waals surface area contributed by atoms with Crippen LogP contribution in [-0.4, -0.2) is 53.2 Å². The molecule has 18 heavy (non-hydrogen) atoms. The van der Waals surface area contributed by atoms with Gasteiger partial charge in [0.2, 0.25) is 0 Å². The minimum Gasteiger partial charge on any atom is -0.395 e. The molecule has 0 aromatic carbocycles. The number of carbonyl (C=O) groups excluding carboxylic acids is 1. The fourth-order valence-electron chi connectivity index (χ4n) is 3.20. The maximum absolute atomic E-state index is 12.5. The number of hydrogen-bond donors (Lipinski definition) is 1. The van der Waals surface area contributed by atoms with Crippen molar-refractivity contribution in [1.82, 2.24) is 9.80 Å². The van der Waals surface area contributed by atoms with Crippen LogP contribution in [0.2, 0.25) is 0 Å². The molecule has 0 aromatic rings. The highest BCUT2D eigenvalue weighted by atomic mass is 16.3. The Hall–Kier alpha value is -0.770. The highest BCUT2D eigenvalue weighted by molar-refractivity contribution is 5.75. The second kappa shape index (κ2) is 6.98. The summed E-state index contributed by atoms with van der Waals surface area (Å²) in [5.41, 5.74) is 0. The van der Waals surface area contributed by atoms with Crippen molar-refractivity contribution in [3.63, 3.8) is 0 Å². The number of aliphatic hydroxyl groups is 1. The fourth-order valence-corrected chi connectivity index (χ4v) is 3.20. The SMILES string of the molecule is O=C(N1CCCCC1)N(CCO)C1CCCCC1. The summed E-state index contributed by atoms with van der Waals surface area (Å²) in [6.07, 6.45) is 9.46. The van der Waals surface area contributed by atoms with Gasteiger partial charge in [-0.15, -0.1) is 0 Å². The van der Waals surface area contributed by atoms with E-state index in [1.807, 2.05) is 9.80 Å². The van der Waals surface area contributed by atoms with Gasteiger partial charge in [-0.3, -0.25) is 0 Å². The van der Waals surface area contributed by atoms with Crippen molar-refractivity contribution in [3.05, 3.63) is 0 Å². The summed E-state index contributed by atoms with van der Waals surface area (Å²) in [5, 5.41) is 9.20. The summed E-state index contributed by atoms with van der Waals surface area (Å²) in [4.78, 5) is 16.4. The van der Waals surface area contributed by atoms with Crippen molar-refractivity contribution in [2.24, 2.45) is 0 Å². The Bertz CT molecular complexity index is 259. The standard InChI is InChI=1S/C14H26N2O2/c17-12-11-16(13-7-3-1-4-8-13)14(18)15-9-5-2-6-10-15/h13,17H,1-12H2. The Kier molecular flexibility index (Phi) is 5.29. The number of amides is 2. The molecule has 0 aromatic heterocycles. The monoisotopic (exact) mass is 254 g/mol. The van der Waals surface area contributed by atoms with Gasteiger partial charge in [-0.05, 0) is 32.1 Å². The highest BCUT2D eigenvalue weighted by Crippen LogP contribution is 2.24. The molecule has 0 spiro atoms. The zero-order chi connectivity index (χ0) is 12.8. The number of piperidine rings is 1.